The zero-order chi connectivity index (χ0) is 13.8. The number of hydrogen-bond donors (Lipinski definition) is 2. The SMILES string of the molecule is CC(=O)[C@@H](O)[C@@H]1C(=O)N2[C@@H]1SC(C)(C)[C@@H]2C(=O)O. The summed E-state index contributed by atoms with van der Waals surface area (Å²) < 4.78 is -0.628. The van der Waals surface area contributed by atoms with Gasteiger partial charge in [-0.2, -0.15) is 0 Å². The summed E-state index contributed by atoms with van der Waals surface area (Å²) in [7, 11) is 0. The van der Waals surface area contributed by atoms with Crippen LogP contribution in [0.15, 0.2) is 0 Å². The number of hydrogen-bond acceptors (Lipinski definition) is 5. The lowest BCUT2D eigenvalue weighted by Crippen LogP contribution is -2.66. The van der Waals surface area contributed by atoms with E-state index in [9.17, 15) is 24.6 Å². The predicted octanol–water partition coefficient (Wildman–Crippen LogP) is -0.301. The first-order chi connectivity index (χ1) is 8.18. The molecule has 6 nitrogen and oxygen atoms in total. The van der Waals surface area contributed by atoms with Gasteiger partial charge in [-0.15, -0.1) is 11.8 Å². The molecule has 2 fully saturated rings. The molecule has 1 amide bonds. The number of carboxylic acids is 1. The van der Waals surface area contributed by atoms with Gasteiger partial charge in [0, 0.05) is 4.75 Å². The fourth-order valence-corrected chi connectivity index (χ4v) is 4.30. The van der Waals surface area contributed by atoms with Gasteiger partial charge in [-0.05, 0) is 20.8 Å². The number of ketones is 1. The number of nitrogens with zero attached hydrogens (tertiary/aromatic N) is 1. The second-order valence-electron chi connectivity index (χ2n) is 5.18. The molecule has 0 radical (unpaired) electrons. The van der Waals surface area contributed by atoms with E-state index >= 15 is 0 Å². The molecular formula is C11H15NO5S. The Kier molecular flexibility index (Phi) is 2.94. The van der Waals surface area contributed by atoms with Gasteiger partial charge in [0.15, 0.2) is 5.78 Å². The Balaban J connectivity index is 2.27. The number of thioether (sulfide) groups is 1. The number of rotatable bonds is 3. The molecular weight excluding hydrogens is 258 g/mol. The van der Waals surface area contributed by atoms with Gasteiger partial charge in [-0.3, -0.25) is 9.59 Å². The van der Waals surface area contributed by atoms with E-state index in [1.807, 2.05) is 0 Å². The van der Waals surface area contributed by atoms with E-state index in [1.165, 1.54) is 23.6 Å². The summed E-state index contributed by atoms with van der Waals surface area (Å²) in [5, 5.41) is 18.5. The summed E-state index contributed by atoms with van der Waals surface area (Å²) in [5.41, 5.74) is 0. The number of aliphatic carboxylic acids is 1. The number of fused-ring (bicyclic) bond motifs is 1. The van der Waals surface area contributed by atoms with Crippen LogP contribution in [0, 0.1) is 5.92 Å². The molecule has 0 aromatic rings. The standard InChI is InChI=1S/C11H15NO5S/c1-4(13)6(14)5-8(15)12-7(10(16)17)11(2,3)18-9(5)12/h5-7,9,14H,1-3H3,(H,16,17)/t5-,6-,7+,9-/m1/s1. The van der Waals surface area contributed by atoms with Gasteiger partial charge in [0.2, 0.25) is 5.91 Å². The van der Waals surface area contributed by atoms with Crippen LogP contribution < -0.4 is 0 Å². The van der Waals surface area contributed by atoms with Crippen LogP contribution in [0.3, 0.4) is 0 Å². The van der Waals surface area contributed by atoms with E-state index < -0.39 is 45.8 Å². The van der Waals surface area contributed by atoms with Crippen molar-refractivity contribution in [1.82, 2.24) is 4.90 Å². The molecule has 2 rings (SSSR count). The van der Waals surface area contributed by atoms with Crippen LogP contribution >= 0.6 is 11.8 Å². The van der Waals surface area contributed by atoms with Gasteiger partial charge in [0.25, 0.3) is 0 Å². The Morgan fingerprint density at radius 1 is 1.44 bits per heavy atom. The van der Waals surface area contributed by atoms with Crippen LogP contribution in [0.2, 0.25) is 0 Å². The van der Waals surface area contributed by atoms with Gasteiger partial charge in [-0.1, -0.05) is 0 Å². The minimum Gasteiger partial charge on any atom is -0.480 e. The Labute approximate surface area is 108 Å². The van der Waals surface area contributed by atoms with E-state index in [2.05, 4.69) is 0 Å². The zero-order valence-corrected chi connectivity index (χ0v) is 11.1. The molecule has 2 N–H and O–H groups in total. The lowest BCUT2D eigenvalue weighted by Gasteiger charge is -2.44. The van der Waals surface area contributed by atoms with E-state index in [0.717, 1.165) is 0 Å². The van der Waals surface area contributed by atoms with E-state index in [1.54, 1.807) is 13.8 Å². The van der Waals surface area contributed by atoms with Crippen molar-refractivity contribution in [3.63, 3.8) is 0 Å². The highest BCUT2D eigenvalue weighted by Crippen LogP contribution is 2.54. The largest absolute Gasteiger partial charge is 0.480 e. The first-order valence-electron chi connectivity index (χ1n) is 5.60. The summed E-state index contributed by atoms with van der Waals surface area (Å²) in [4.78, 5) is 35.6. The molecule has 0 spiro atoms. The highest BCUT2D eigenvalue weighted by molar-refractivity contribution is 8.01. The van der Waals surface area contributed by atoms with Crippen molar-refractivity contribution < 1.29 is 24.6 Å². The maximum atomic E-state index is 11.9. The highest BCUT2D eigenvalue weighted by atomic mass is 32.2. The summed E-state index contributed by atoms with van der Waals surface area (Å²) in [6, 6.07) is -0.907. The molecule has 2 saturated heterocycles. The summed E-state index contributed by atoms with van der Waals surface area (Å²) in [5.74, 6) is -2.78. The van der Waals surface area contributed by atoms with Crippen molar-refractivity contribution in [3.05, 3.63) is 0 Å². The fourth-order valence-electron chi connectivity index (χ4n) is 2.59. The van der Waals surface area contributed by atoms with Gasteiger partial charge < -0.3 is 15.1 Å². The fraction of sp³-hybridized carbons (Fsp3) is 0.727. The van der Waals surface area contributed by atoms with Crippen molar-refractivity contribution in [2.45, 2.75) is 43.0 Å². The number of aliphatic hydroxyl groups is 1. The number of β-lactam (4-membered cyclic amide) rings is 1. The lowest BCUT2D eigenvalue weighted by molar-refractivity contribution is -0.170. The zero-order valence-electron chi connectivity index (χ0n) is 10.3. The van der Waals surface area contributed by atoms with Gasteiger partial charge in [0.05, 0.1) is 5.37 Å². The average Bonchev–Trinajstić information content (AvgIpc) is 2.47. The molecule has 0 saturated carbocycles. The number of carbonyl (C=O) groups excluding carboxylic acids is 2. The molecule has 0 bridgehead atoms. The highest BCUT2D eigenvalue weighted by Gasteiger charge is 2.65. The topological polar surface area (TPSA) is 94.9 Å². The van der Waals surface area contributed by atoms with Gasteiger partial charge in [0.1, 0.15) is 18.1 Å². The maximum absolute atomic E-state index is 11.9. The number of carbonyl (C=O) groups is 3. The number of aliphatic hydroxyl groups excluding tert-OH is 1. The molecule has 7 heteroatoms. The molecule has 100 valence electrons. The summed E-state index contributed by atoms with van der Waals surface area (Å²) in [6.07, 6.45) is -1.34. The van der Waals surface area contributed by atoms with Gasteiger partial charge >= 0.3 is 5.97 Å². The first-order valence-corrected chi connectivity index (χ1v) is 6.48. The van der Waals surface area contributed by atoms with E-state index in [0.29, 0.717) is 0 Å². The lowest BCUT2D eigenvalue weighted by atomic mass is 9.86. The van der Waals surface area contributed by atoms with Crippen molar-refractivity contribution in [1.29, 1.82) is 0 Å². The van der Waals surface area contributed by atoms with Crippen LogP contribution in [-0.4, -0.2) is 55.0 Å². The van der Waals surface area contributed by atoms with Crippen LogP contribution in [0.4, 0.5) is 0 Å². The van der Waals surface area contributed by atoms with Crippen molar-refractivity contribution >= 4 is 29.4 Å². The Bertz CT molecular complexity index is 435. The first kappa shape index (κ1) is 13.4. The number of Topliss-reactive ketones (excluding diaryl/α,β-unsaturated/α-hetero) is 1. The third-order valence-electron chi connectivity index (χ3n) is 3.47. The second kappa shape index (κ2) is 3.96. The molecule has 2 aliphatic rings. The predicted molar refractivity (Wildman–Crippen MR) is 63.9 cm³/mol. The molecule has 0 aromatic carbocycles. The maximum Gasteiger partial charge on any atom is 0.327 e. The van der Waals surface area contributed by atoms with Crippen molar-refractivity contribution in [2.75, 3.05) is 0 Å². The normalized spacial score (nSPS) is 34.8. The number of amides is 1. The van der Waals surface area contributed by atoms with Crippen LogP contribution in [0.1, 0.15) is 20.8 Å². The van der Waals surface area contributed by atoms with E-state index in [4.69, 9.17) is 0 Å². The summed E-state index contributed by atoms with van der Waals surface area (Å²) in [6.45, 7) is 4.72. The Morgan fingerprint density at radius 3 is 2.44 bits per heavy atom. The average molecular weight is 273 g/mol. The van der Waals surface area contributed by atoms with E-state index in [-0.39, 0.29) is 0 Å². The minimum atomic E-state index is -1.34. The quantitative estimate of drug-likeness (QED) is 0.685. The smallest absolute Gasteiger partial charge is 0.327 e. The molecule has 18 heavy (non-hydrogen) atoms. The summed E-state index contributed by atoms with van der Waals surface area (Å²) >= 11 is 1.32. The molecule has 0 aliphatic carbocycles. The van der Waals surface area contributed by atoms with Crippen molar-refractivity contribution in [3.8, 4) is 0 Å². The Hall–Kier alpha value is -1.08. The molecule has 4 atom stereocenters. The number of carboxylic acid groups (broad SMARTS) is 1. The monoisotopic (exact) mass is 273 g/mol. The second-order valence-corrected chi connectivity index (χ2v) is 6.95. The third-order valence-corrected chi connectivity index (χ3v) is 5.07. The third kappa shape index (κ3) is 1.65. The van der Waals surface area contributed by atoms with Crippen molar-refractivity contribution in [2.24, 2.45) is 5.92 Å². The van der Waals surface area contributed by atoms with Crippen LogP contribution in [0.5, 0.6) is 0 Å². The van der Waals surface area contributed by atoms with Crippen LogP contribution in [-0.2, 0) is 14.4 Å². The van der Waals surface area contributed by atoms with Gasteiger partial charge in [-0.25, -0.2) is 4.79 Å². The molecule has 2 heterocycles. The molecule has 0 aromatic heterocycles. The molecule has 2 aliphatic heterocycles. The van der Waals surface area contributed by atoms with Crippen LogP contribution in [0.25, 0.3) is 0 Å². The molecule has 0 unspecified atom stereocenters. The Morgan fingerprint density at radius 2 is 2.00 bits per heavy atom. The minimum absolute atomic E-state index is 0.424.